The third-order valence-corrected chi connectivity index (χ3v) is 4.28. The van der Waals surface area contributed by atoms with Crippen molar-refractivity contribution in [3.05, 3.63) is 24.3 Å². The van der Waals surface area contributed by atoms with E-state index in [9.17, 15) is 13.5 Å². The summed E-state index contributed by atoms with van der Waals surface area (Å²) in [6.07, 6.45) is -0.750. The predicted octanol–water partition coefficient (Wildman–Crippen LogP) is 1.38. The lowest BCUT2D eigenvalue weighted by Crippen LogP contribution is -2.39. The molecule has 0 aliphatic heterocycles. The van der Waals surface area contributed by atoms with Crippen molar-refractivity contribution >= 4 is 10.0 Å². The van der Waals surface area contributed by atoms with E-state index in [0.29, 0.717) is 5.75 Å². The summed E-state index contributed by atoms with van der Waals surface area (Å²) in [5, 5.41) is 9.83. The predicted molar refractivity (Wildman–Crippen MR) is 73.6 cm³/mol. The van der Waals surface area contributed by atoms with Gasteiger partial charge in [-0.3, -0.25) is 0 Å². The minimum absolute atomic E-state index is 0.0160. The van der Waals surface area contributed by atoms with Gasteiger partial charge in [0.25, 0.3) is 0 Å². The highest BCUT2D eigenvalue weighted by Crippen LogP contribution is 2.19. The number of ether oxygens (including phenoxy) is 1. The largest absolute Gasteiger partial charge is 0.497 e. The molecule has 0 bridgehead atoms. The Morgan fingerprint density at radius 1 is 1.26 bits per heavy atom. The first-order valence-corrected chi connectivity index (χ1v) is 7.47. The first kappa shape index (κ1) is 15.9. The van der Waals surface area contributed by atoms with E-state index >= 15 is 0 Å². The Morgan fingerprint density at radius 2 is 1.79 bits per heavy atom. The maximum atomic E-state index is 12.0. The van der Waals surface area contributed by atoms with Crippen LogP contribution in [0.1, 0.15) is 20.8 Å². The second-order valence-corrected chi connectivity index (χ2v) is 7.18. The zero-order valence-electron chi connectivity index (χ0n) is 11.7. The summed E-state index contributed by atoms with van der Waals surface area (Å²) in [6, 6.07) is 6.08. The van der Waals surface area contributed by atoms with Gasteiger partial charge in [0.15, 0.2) is 0 Å². The van der Waals surface area contributed by atoms with E-state index in [1.54, 1.807) is 12.1 Å². The zero-order chi connectivity index (χ0) is 14.7. The number of hydrogen-bond donors (Lipinski definition) is 2. The smallest absolute Gasteiger partial charge is 0.240 e. The Labute approximate surface area is 114 Å². The molecule has 0 radical (unpaired) electrons. The fourth-order valence-corrected chi connectivity index (χ4v) is 2.37. The molecule has 0 aliphatic carbocycles. The van der Waals surface area contributed by atoms with Crippen LogP contribution < -0.4 is 9.46 Å². The van der Waals surface area contributed by atoms with Gasteiger partial charge in [-0.25, -0.2) is 13.1 Å². The van der Waals surface area contributed by atoms with Crippen LogP contribution in [0.2, 0.25) is 0 Å². The van der Waals surface area contributed by atoms with Gasteiger partial charge in [0.05, 0.1) is 18.1 Å². The van der Waals surface area contributed by atoms with Gasteiger partial charge in [0.2, 0.25) is 10.0 Å². The third-order valence-electron chi connectivity index (χ3n) is 2.84. The lowest BCUT2D eigenvalue weighted by molar-refractivity contribution is 0.0677. The number of nitrogens with one attached hydrogen (secondary N) is 1. The van der Waals surface area contributed by atoms with E-state index in [0.717, 1.165) is 0 Å². The second-order valence-electron chi connectivity index (χ2n) is 5.41. The van der Waals surface area contributed by atoms with Crippen LogP contribution in [-0.2, 0) is 10.0 Å². The molecule has 0 saturated carbocycles. The molecule has 0 amide bonds. The van der Waals surface area contributed by atoms with Gasteiger partial charge in [0, 0.05) is 6.54 Å². The van der Waals surface area contributed by atoms with Gasteiger partial charge in [-0.2, -0.15) is 0 Å². The fraction of sp³-hybridized carbons (Fsp3) is 0.538. The lowest BCUT2D eigenvalue weighted by Gasteiger charge is -2.25. The highest BCUT2D eigenvalue weighted by molar-refractivity contribution is 7.89. The zero-order valence-corrected chi connectivity index (χ0v) is 12.5. The first-order chi connectivity index (χ1) is 8.66. The van der Waals surface area contributed by atoms with E-state index in [-0.39, 0.29) is 16.9 Å². The number of rotatable bonds is 5. The van der Waals surface area contributed by atoms with Crippen molar-refractivity contribution in [2.24, 2.45) is 5.41 Å². The molecule has 5 nitrogen and oxygen atoms in total. The maximum absolute atomic E-state index is 12.0. The molecule has 108 valence electrons. The molecule has 1 rings (SSSR count). The third kappa shape index (κ3) is 4.49. The van der Waals surface area contributed by atoms with Crippen LogP contribution in [0.3, 0.4) is 0 Å². The number of hydrogen-bond acceptors (Lipinski definition) is 4. The van der Waals surface area contributed by atoms with Crippen LogP contribution >= 0.6 is 0 Å². The van der Waals surface area contributed by atoms with Crippen LogP contribution in [0, 0.1) is 5.41 Å². The van der Waals surface area contributed by atoms with Crippen molar-refractivity contribution in [2.75, 3.05) is 13.7 Å². The number of benzene rings is 1. The molecule has 6 heteroatoms. The maximum Gasteiger partial charge on any atom is 0.240 e. The quantitative estimate of drug-likeness (QED) is 0.858. The Hall–Kier alpha value is -1.11. The summed E-state index contributed by atoms with van der Waals surface area (Å²) in [6.45, 7) is 5.52. The highest BCUT2D eigenvalue weighted by Gasteiger charge is 2.24. The first-order valence-electron chi connectivity index (χ1n) is 5.98. The SMILES string of the molecule is COc1ccc(S(=O)(=O)NCC(O)C(C)(C)C)cc1. The molecular formula is C13H21NO4S. The molecule has 1 aromatic carbocycles. The fourth-order valence-electron chi connectivity index (χ4n) is 1.33. The minimum Gasteiger partial charge on any atom is -0.497 e. The number of aliphatic hydroxyl groups is 1. The Kier molecular flexibility index (Phi) is 4.95. The molecule has 19 heavy (non-hydrogen) atoms. The summed E-state index contributed by atoms with van der Waals surface area (Å²) >= 11 is 0. The van der Waals surface area contributed by atoms with Gasteiger partial charge in [0.1, 0.15) is 5.75 Å². The minimum atomic E-state index is -3.61. The molecule has 0 saturated heterocycles. The monoisotopic (exact) mass is 287 g/mol. The van der Waals surface area contributed by atoms with Crippen molar-refractivity contribution in [2.45, 2.75) is 31.8 Å². The molecule has 1 unspecified atom stereocenters. The number of aliphatic hydroxyl groups excluding tert-OH is 1. The molecule has 1 aromatic rings. The Morgan fingerprint density at radius 3 is 2.21 bits per heavy atom. The molecule has 0 spiro atoms. The topological polar surface area (TPSA) is 75.6 Å². The van der Waals surface area contributed by atoms with Gasteiger partial charge >= 0.3 is 0 Å². The van der Waals surface area contributed by atoms with Gasteiger partial charge in [-0.15, -0.1) is 0 Å². The van der Waals surface area contributed by atoms with E-state index < -0.39 is 16.1 Å². The van der Waals surface area contributed by atoms with Crippen LogP contribution in [0.25, 0.3) is 0 Å². The summed E-state index contributed by atoms with van der Waals surface area (Å²) in [5.41, 5.74) is -0.373. The second kappa shape index (κ2) is 5.90. The van der Waals surface area contributed by atoms with Crippen molar-refractivity contribution in [3.63, 3.8) is 0 Å². The Balaban J connectivity index is 2.76. The molecule has 1 atom stereocenters. The van der Waals surface area contributed by atoms with Crippen molar-refractivity contribution < 1.29 is 18.3 Å². The highest BCUT2D eigenvalue weighted by atomic mass is 32.2. The molecule has 0 fully saturated rings. The van der Waals surface area contributed by atoms with E-state index in [4.69, 9.17) is 4.74 Å². The van der Waals surface area contributed by atoms with E-state index in [1.807, 2.05) is 20.8 Å². The van der Waals surface area contributed by atoms with Crippen molar-refractivity contribution in [1.29, 1.82) is 0 Å². The lowest BCUT2D eigenvalue weighted by atomic mass is 9.89. The van der Waals surface area contributed by atoms with Crippen LogP contribution in [0.5, 0.6) is 5.75 Å². The number of sulfonamides is 1. The molecular weight excluding hydrogens is 266 g/mol. The summed E-state index contributed by atoms with van der Waals surface area (Å²) in [7, 11) is -2.09. The van der Waals surface area contributed by atoms with Crippen LogP contribution in [0.4, 0.5) is 0 Å². The van der Waals surface area contributed by atoms with Crippen molar-refractivity contribution in [3.8, 4) is 5.75 Å². The van der Waals surface area contributed by atoms with Crippen LogP contribution in [0.15, 0.2) is 29.2 Å². The average Bonchev–Trinajstić information content (AvgIpc) is 2.35. The summed E-state index contributed by atoms with van der Waals surface area (Å²) < 4.78 is 31.4. The van der Waals surface area contributed by atoms with E-state index in [2.05, 4.69) is 4.72 Å². The average molecular weight is 287 g/mol. The number of methoxy groups -OCH3 is 1. The van der Waals surface area contributed by atoms with Crippen LogP contribution in [-0.4, -0.2) is 33.3 Å². The van der Waals surface area contributed by atoms with Gasteiger partial charge in [-0.1, -0.05) is 20.8 Å². The Bertz CT molecular complexity index is 502. The molecule has 0 aromatic heterocycles. The summed E-state index contributed by atoms with van der Waals surface area (Å²) in [4.78, 5) is 0.148. The molecule has 0 heterocycles. The van der Waals surface area contributed by atoms with Gasteiger partial charge in [-0.05, 0) is 29.7 Å². The normalized spacial score (nSPS) is 14.2. The molecule has 0 aliphatic rings. The summed E-state index contributed by atoms with van der Waals surface area (Å²) in [5.74, 6) is 0.591. The van der Waals surface area contributed by atoms with E-state index in [1.165, 1.54) is 19.2 Å². The van der Waals surface area contributed by atoms with Gasteiger partial charge < -0.3 is 9.84 Å². The molecule has 2 N–H and O–H groups in total. The standard InChI is InChI=1S/C13H21NO4S/c1-13(2,3)12(15)9-14-19(16,17)11-7-5-10(18-4)6-8-11/h5-8,12,14-15H,9H2,1-4H3. The van der Waals surface area contributed by atoms with Crippen molar-refractivity contribution in [1.82, 2.24) is 4.72 Å².